The predicted molar refractivity (Wildman–Crippen MR) is 74.2 cm³/mol. The Morgan fingerprint density at radius 1 is 1.21 bits per heavy atom. The largest absolute Gasteiger partial charge is 0.481 e. The molecule has 0 saturated heterocycles. The van der Waals surface area contributed by atoms with E-state index < -0.39 is 11.9 Å². The van der Waals surface area contributed by atoms with Crippen LogP contribution in [-0.2, 0) is 17.6 Å². The number of carbonyl (C=O) groups is 1. The molecule has 0 saturated carbocycles. The second-order valence-corrected chi connectivity index (χ2v) is 5.62. The second kappa shape index (κ2) is 5.97. The van der Waals surface area contributed by atoms with Gasteiger partial charge in [0.25, 0.3) is 0 Å². The van der Waals surface area contributed by atoms with Crippen LogP contribution in [0.4, 0.5) is 4.39 Å². The van der Waals surface area contributed by atoms with E-state index in [0.717, 1.165) is 11.3 Å². The fraction of sp³-hybridized carbons (Fsp3) is 0.267. The van der Waals surface area contributed by atoms with E-state index in [1.807, 2.05) is 12.1 Å². The van der Waals surface area contributed by atoms with Gasteiger partial charge in [-0.15, -0.1) is 11.3 Å². The van der Waals surface area contributed by atoms with Gasteiger partial charge < -0.3 is 5.11 Å². The lowest BCUT2D eigenvalue weighted by Crippen LogP contribution is -2.13. The van der Waals surface area contributed by atoms with E-state index in [1.54, 1.807) is 23.5 Å². The average Bonchev–Trinajstić information content (AvgIpc) is 2.85. The highest BCUT2D eigenvalue weighted by Crippen LogP contribution is 2.26. The number of aliphatic carboxylic acids is 1. The van der Waals surface area contributed by atoms with Crippen molar-refractivity contribution in [3.8, 4) is 0 Å². The summed E-state index contributed by atoms with van der Waals surface area (Å²) in [6, 6.07) is 9.70. The first-order valence-corrected chi connectivity index (χ1v) is 6.97. The van der Waals surface area contributed by atoms with Gasteiger partial charge >= 0.3 is 5.97 Å². The van der Waals surface area contributed by atoms with Gasteiger partial charge in [-0.3, -0.25) is 4.79 Å². The third-order valence-corrected chi connectivity index (χ3v) is 4.29. The van der Waals surface area contributed by atoms with Crippen LogP contribution in [-0.4, -0.2) is 11.1 Å². The SMILES string of the molecule is CCc1ccc(CC(C(=O)O)c2ccc(F)cc2)s1. The van der Waals surface area contributed by atoms with Gasteiger partial charge in [-0.25, -0.2) is 4.39 Å². The predicted octanol–water partition coefficient (Wildman–Crippen LogP) is 3.86. The maximum atomic E-state index is 12.9. The normalized spacial score (nSPS) is 12.3. The molecular weight excluding hydrogens is 263 g/mol. The van der Waals surface area contributed by atoms with Gasteiger partial charge in [-0.05, 0) is 42.7 Å². The molecule has 0 fully saturated rings. The summed E-state index contributed by atoms with van der Waals surface area (Å²) in [5, 5.41) is 9.33. The Kier molecular flexibility index (Phi) is 4.32. The van der Waals surface area contributed by atoms with Crippen LogP contribution in [0.2, 0.25) is 0 Å². The van der Waals surface area contributed by atoms with Crippen LogP contribution in [0.5, 0.6) is 0 Å². The number of hydrogen-bond donors (Lipinski definition) is 1. The first-order valence-electron chi connectivity index (χ1n) is 6.16. The second-order valence-electron chi connectivity index (χ2n) is 4.37. The summed E-state index contributed by atoms with van der Waals surface area (Å²) in [5.41, 5.74) is 0.639. The van der Waals surface area contributed by atoms with Crippen molar-refractivity contribution < 1.29 is 14.3 Å². The molecule has 0 aliphatic rings. The first kappa shape index (κ1) is 13.7. The standard InChI is InChI=1S/C15H15FO2S/c1-2-12-7-8-13(19-12)9-14(15(17)18)10-3-5-11(16)6-4-10/h3-8,14H,2,9H2,1H3,(H,17,18). The quantitative estimate of drug-likeness (QED) is 0.901. The molecule has 1 N–H and O–H groups in total. The van der Waals surface area contributed by atoms with E-state index >= 15 is 0 Å². The van der Waals surface area contributed by atoms with Crippen molar-refractivity contribution in [2.45, 2.75) is 25.7 Å². The summed E-state index contributed by atoms with van der Waals surface area (Å²) in [4.78, 5) is 13.7. The number of thiophene rings is 1. The molecule has 1 aromatic heterocycles. The van der Waals surface area contributed by atoms with E-state index in [4.69, 9.17) is 0 Å². The number of rotatable bonds is 5. The molecule has 2 rings (SSSR count). The minimum Gasteiger partial charge on any atom is -0.481 e. The first-order chi connectivity index (χ1) is 9.10. The Hall–Kier alpha value is -1.68. The maximum absolute atomic E-state index is 12.9. The van der Waals surface area contributed by atoms with Gasteiger partial charge in [-0.1, -0.05) is 19.1 Å². The van der Waals surface area contributed by atoms with Crippen LogP contribution < -0.4 is 0 Å². The number of halogens is 1. The van der Waals surface area contributed by atoms with Gasteiger partial charge in [0, 0.05) is 9.75 Å². The third-order valence-electron chi connectivity index (χ3n) is 3.04. The number of hydrogen-bond acceptors (Lipinski definition) is 2. The van der Waals surface area contributed by atoms with Gasteiger partial charge in [-0.2, -0.15) is 0 Å². The topological polar surface area (TPSA) is 37.3 Å². The van der Waals surface area contributed by atoms with E-state index in [2.05, 4.69) is 6.92 Å². The lowest BCUT2D eigenvalue weighted by molar-refractivity contribution is -0.138. The highest BCUT2D eigenvalue weighted by Gasteiger charge is 2.21. The van der Waals surface area contributed by atoms with E-state index in [9.17, 15) is 14.3 Å². The molecule has 4 heteroatoms. The third kappa shape index (κ3) is 3.41. The number of carboxylic acid groups (broad SMARTS) is 1. The maximum Gasteiger partial charge on any atom is 0.311 e. The summed E-state index contributed by atoms with van der Waals surface area (Å²) in [6.45, 7) is 2.07. The number of benzene rings is 1. The number of aryl methyl sites for hydroxylation is 1. The molecule has 1 unspecified atom stereocenters. The van der Waals surface area contributed by atoms with Crippen molar-refractivity contribution in [3.63, 3.8) is 0 Å². The lowest BCUT2D eigenvalue weighted by Gasteiger charge is -2.11. The molecule has 0 aliphatic carbocycles. The molecule has 1 aromatic carbocycles. The summed E-state index contributed by atoms with van der Waals surface area (Å²) >= 11 is 1.64. The monoisotopic (exact) mass is 278 g/mol. The molecule has 100 valence electrons. The Morgan fingerprint density at radius 2 is 1.84 bits per heavy atom. The molecule has 0 spiro atoms. The molecular formula is C15H15FO2S. The fourth-order valence-corrected chi connectivity index (χ4v) is 2.97. The van der Waals surface area contributed by atoms with Gasteiger partial charge in [0.1, 0.15) is 5.82 Å². The highest BCUT2D eigenvalue weighted by molar-refractivity contribution is 7.12. The summed E-state index contributed by atoms with van der Waals surface area (Å²) in [6.07, 6.45) is 1.41. The van der Waals surface area contributed by atoms with Crippen molar-refractivity contribution in [1.82, 2.24) is 0 Å². The minimum absolute atomic E-state index is 0.350. The Bertz CT molecular complexity index is 560. The zero-order valence-electron chi connectivity index (χ0n) is 10.6. The van der Waals surface area contributed by atoms with E-state index in [0.29, 0.717) is 12.0 Å². The van der Waals surface area contributed by atoms with Crippen LogP contribution in [0.25, 0.3) is 0 Å². The molecule has 0 bridgehead atoms. The van der Waals surface area contributed by atoms with E-state index in [1.165, 1.54) is 17.0 Å². The molecule has 0 radical (unpaired) electrons. The molecule has 2 aromatic rings. The van der Waals surface area contributed by atoms with E-state index in [-0.39, 0.29) is 5.82 Å². The van der Waals surface area contributed by atoms with Gasteiger partial charge in [0.2, 0.25) is 0 Å². The molecule has 19 heavy (non-hydrogen) atoms. The number of carboxylic acids is 1. The highest BCUT2D eigenvalue weighted by atomic mass is 32.1. The fourth-order valence-electron chi connectivity index (χ4n) is 1.97. The zero-order chi connectivity index (χ0) is 13.8. The van der Waals surface area contributed by atoms with Gasteiger partial charge in [0.05, 0.1) is 5.92 Å². The van der Waals surface area contributed by atoms with Crippen molar-refractivity contribution in [2.24, 2.45) is 0 Å². The Labute approximate surface area is 115 Å². The molecule has 1 heterocycles. The molecule has 0 amide bonds. The van der Waals surface area contributed by atoms with Crippen molar-refractivity contribution >= 4 is 17.3 Å². The van der Waals surface area contributed by atoms with Crippen molar-refractivity contribution in [3.05, 3.63) is 57.5 Å². The van der Waals surface area contributed by atoms with Gasteiger partial charge in [0.15, 0.2) is 0 Å². The summed E-state index contributed by atoms with van der Waals surface area (Å²) < 4.78 is 12.9. The van der Waals surface area contributed by atoms with Crippen LogP contribution in [0, 0.1) is 5.82 Å². The molecule has 1 atom stereocenters. The van der Waals surface area contributed by atoms with Crippen LogP contribution >= 0.6 is 11.3 Å². The molecule has 0 aliphatic heterocycles. The molecule has 2 nitrogen and oxygen atoms in total. The smallest absolute Gasteiger partial charge is 0.311 e. The minimum atomic E-state index is -0.877. The summed E-state index contributed by atoms with van der Waals surface area (Å²) in [7, 11) is 0. The average molecular weight is 278 g/mol. The van der Waals surface area contributed by atoms with Crippen LogP contribution in [0.3, 0.4) is 0 Å². The Balaban J connectivity index is 2.21. The summed E-state index contributed by atoms with van der Waals surface area (Å²) in [5.74, 6) is -1.85. The van der Waals surface area contributed by atoms with Crippen LogP contribution in [0.15, 0.2) is 36.4 Å². The van der Waals surface area contributed by atoms with Crippen LogP contribution in [0.1, 0.15) is 28.2 Å². The van der Waals surface area contributed by atoms with Crippen molar-refractivity contribution in [1.29, 1.82) is 0 Å². The lowest BCUT2D eigenvalue weighted by atomic mass is 9.95. The van der Waals surface area contributed by atoms with Crippen molar-refractivity contribution in [2.75, 3.05) is 0 Å². The zero-order valence-corrected chi connectivity index (χ0v) is 11.4. The Morgan fingerprint density at radius 3 is 2.37 bits per heavy atom.